The number of anilines is 1. The number of hydrogen-bond donors (Lipinski definition) is 1. The lowest BCUT2D eigenvalue weighted by Gasteiger charge is -2.28. The predicted molar refractivity (Wildman–Crippen MR) is 51.1 cm³/mol. The number of halogens is 6. The highest BCUT2D eigenvalue weighted by Crippen LogP contribution is 2.48. The van der Waals surface area contributed by atoms with E-state index in [0.717, 1.165) is 6.07 Å². The Morgan fingerprint density at radius 2 is 1.72 bits per heavy atom. The summed E-state index contributed by atoms with van der Waals surface area (Å²) in [6, 6.07) is 1.91. The van der Waals surface area contributed by atoms with Crippen molar-refractivity contribution in [2.45, 2.75) is 18.3 Å². The van der Waals surface area contributed by atoms with Crippen molar-refractivity contribution in [3.63, 3.8) is 0 Å². The number of carbonyl (C=O) groups is 1. The molecule has 8 heteroatoms. The second kappa shape index (κ2) is 4.51. The summed E-state index contributed by atoms with van der Waals surface area (Å²) in [6.45, 7) is 0. The lowest BCUT2D eigenvalue weighted by molar-refractivity contribution is -0.274. The average molecular weight is 271 g/mol. The Labute approximate surface area is 97.4 Å². The van der Waals surface area contributed by atoms with Crippen molar-refractivity contribution < 1.29 is 31.1 Å². The Kier molecular flexibility index (Phi) is 3.59. The van der Waals surface area contributed by atoms with Crippen LogP contribution in [0.1, 0.15) is 15.9 Å². The van der Waals surface area contributed by atoms with Crippen LogP contribution in [0, 0.1) is 0 Å². The maximum atomic E-state index is 13.6. The fourth-order valence-corrected chi connectivity index (χ4v) is 1.38. The molecule has 0 spiro atoms. The van der Waals surface area contributed by atoms with Gasteiger partial charge in [-0.25, -0.2) is 13.2 Å². The van der Waals surface area contributed by atoms with Crippen LogP contribution in [0.25, 0.3) is 0 Å². The van der Waals surface area contributed by atoms with Crippen LogP contribution in [0.5, 0.6) is 0 Å². The molecule has 100 valence electrons. The van der Waals surface area contributed by atoms with Crippen molar-refractivity contribution >= 4 is 12.0 Å². The lowest BCUT2D eigenvalue weighted by atomic mass is 9.93. The average Bonchev–Trinajstić information content (AvgIpc) is 2.26. The summed E-state index contributed by atoms with van der Waals surface area (Å²) < 4.78 is 75.7. The van der Waals surface area contributed by atoms with Crippen LogP contribution in [0.3, 0.4) is 0 Å². The third kappa shape index (κ3) is 2.14. The van der Waals surface area contributed by atoms with E-state index < -0.39 is 29.5 Å². The van der Waals surface area contributed by atoms with Gasteiger partial charge in [-0.2, -0.15) is 13.2 Å². The van der Waals surface area contributed by atoms with E-state index in [-0.39, 0.29) is 11.8 Å². The number of alkyl halides is 6. The van der Waals surface area contributed by atoms with Crippen LogP contribution >= 0.6 is 0 Å². The molecular formula is C10H7F6NO. The topological polar surface area (TPSA) is 43.1 Å². The zero-order chi connectivity index (χ0) is 14.1. The normalized spacial score (nSPS) is 15.5. The van der Waals surface area contributed by atoms with Gasteiger partial charge in [-0.05, 0) is 6.07 Å². The molecule has 2 nitrogen and oxygen atoms in total. The van der Waals surface area contributed by atoms with Crippen LogP contribution in [0.15, 0.2) is 18.2 Å². The fourth-order valence-electron chi connectivity index (χ4n) is 1.38. The van der Waals surface area contributed by atoms with Gasteiger partial charge in [0.25, 0.3) is 12.1 Å². The number of benzene rings is 1. The standard InChI is InChI=1S/C10H7F6NO/c11-8(12)9(13,10(14,15)16)6-2-1-5(4-18)3-7(6)17/h1-4,8H,17H2. The number of rotatable bonds is 3. The number of carbonyl (C=O) groups excluding carboxylic acids is 1. The molecule has 0 bridgehead atoms. The van der Waals surface area contributed by atoms with Crippen molar-refractivity contribution in [1.82, 2.24) is 0 Å². The van der Waals surface area contributed by atoms with Gasteiger partial charge in [0, 0.05) is 16.8 Å². The maximum Gasteiger partial charge on any atom is 0.432 e. The first-order chi connectivity index (χ1) is 8.14. The van der Waals surface area contributed by atoms with E-state index in [0.29, 0.717) is 12.1 Å². The van der Waals surface area contributed by atoms with Gasteiger partial charge in [-0.3, -0.25) is 4.79 Å². The number of nitrogen functional groups attached to an aromatic ring is 1. The first kappa shape index (κ1) is 14.3. The van der Waals surface area contributed by atoms with Crippen LogP contribution < -0.4 is 5.73 Å². The molecular weight excluding hydrogens is 264 g/mol. The Balaban J connectivity index is 3.45. The van der Waals surface area contributed by atoms with Crippen LogP contribution in [-0.4, -0.2) is 18.9 Å². The summed E-state index contributed by atoms with van der Waals surface area (Å²) in [4.78, 5) is 10.3. The second-order valence-electron chi connectivity index (χ2n) is 3.47. The van der Waals surface area contributed by atoms with Gasteiger partial charge in [0.05, 0.1) is 0 Å². The van der Waals surface area contributed by atoms with Crippen molar-refractivity contribution in [2.24, 2.45) is 0 Å². The quantitative estimate of drug-likeness (QED) is 0.521. The highest BCUT2D eigenvalue weighted by atomic mass is 19.4. The van der Waals surface area contributed by atoms with Gasteiger partial charge in [-0.1, -0.05) is 12.1 Å². The Morgan fingerprint density at radius 3 is 2.06 bits per heavy atom. The van der Waals surface area contributed by atoms with Crippen molar-refractivity contribution in [1.29, 1.82) is 0 Å². The van der Waals surface area contributed by atoms with E-state index in [4.69, 9.17) is 5.73 Å². The molecule has 1 unspecified atom stereocenters. The number of nitrogens with two attached hydrogens (primary N) is 1. The smallest absolute Gasteiger partial charge is 0.398 e. The van der Waals surface area contributed by atoms with E-state index in [2.05, 4.69) is 0 Å². The molecule has 0 aliphatic rings. The minimum atomic E-state index is -5.82. The molecule has 0 amide bonds. The minimum absolute atomic E-state index is 0.143. The number of aldehydes is 1. The molecule has 18 heavy (non-hydrogen) atoms. The van der Waals surface area contributed by atoms with Crippen molar-refractivity contribution in [2.75, 3.05) is 5.73 Å². The molecule has 0 aliphatic carbocycles. The summed E-state index contributed by atoms with van der Waals surface area (Å²) in [6.07, 6.45) is -9.91. The van der Waals surface area contributed by atoms with E-state index in [1.165, 1.54) is 0 Å². The minimum Gasteiger partial charge on any atom is -0.398 e. The van der Waals surface area contributed by atoms with E-state index in [1.807, 2.05) is 0 Å². The Hall–Kier alpha value is -1.73. The van der Waals surface area contributed by atoms with Crippen LogP contribution in [0.2, 0.25) is 0 Å². The molecule has 0 aromatic heterocycles. The Bertz CT molecular complexity index is 458. The SMILES string of the molecule is Nc1cc(C=O)ccc1C(F)(C(F)F)C(F)(F)F. The third-order valence-electron chi connectivity index (χ3n) is 2.32. The summed E-state index contributed by atoms with van der Waals surface area (Å²) in [5.74, 6) is 0. The largest absolute Gasteiger partial charge is 0.432 e. The second-order valence-corrected chi connectivity index (χ2v) is 3.47. The third-order valence-corrected chi connectivity index (χ3v) is 2.32. The molecule has 1 rings (SSSR count). The highest BCUT2D eigenvalue weighted by Gasteiger charge is 2.64. The van der Waals surface area contributed by atoms with Crippen molar-refractivity contribution in [3.05, 3.63) is 29.3 Å². The summed E-state index contributed by atoms with van der Waals surface area (Å²) in [7, 11) is 0. The van der Waals surface area contributed by atoms with Gasteiger partial charge in [0.1, 0.15) is 6.29 Å². The lowest BCUT2D eigenvalue weighted by Crippen LogP contribution is -2.45. The van der Waals surface area contributed by atoms with Gasteiger partial charge in [0.2, 0.25) is 0 Å². The maximum absolute atomic E-state index is 13.6. The highest BCUT2D eigenvalue weighted by molar-refractivity contribution is 5.77. The van der Waals surface area contributed by atoms with Gasteiger partial charge < -0.3 is 5.73 Å². The zero-order valence-electron chi connectivity index (χ0n) is 8.64. The van der Waals surface area contributed by atoms with E-state index in [1.54, 1.807) is 0 Å². The fraction of sp³-hybridized carbons (Fsp3) is 0.300. The summed E-state index contributed by atoms with van der Waals surface area (Å²) >= 11 is 0. The van der Waals surface area contributed by atoms with E-state index >= 15 is 0 Å². The van der Waals surface area contributed by atoms with Crippen LogP contribution in [-0.2, 0) is 5.67 Å². The summed E-state index contributed by atoms with van der Waals surface area (Å²) in [5, 5.41) is 0. The molecule has 0 fully saturated rings. The van der Waals surface area contributed by atoms with Gasteiger partial charge >= 0.3 is 6.18 Å². The first-order valence-corrected chi connectivity index (χ1v) is 4.53. The van der Waals surface area contributed by atoms with Crippen molar-refractivity contribution in [3.8, 4) is 0 Å². The molecule has 1 aromatic carbocycles. The Morgan fingerprint density at radius 1 is 1.17 bits per heavy atom. The van der Waals surface area contributed by atoms with Gasteiger partial charge in [0.15, 0.2) is 0 Å². The predicted octanol–water partition coefficient (Wildman–Crippen LogP) is 3.07. The molecule has 0 aliphatic heterocycles. The molecule has 0 saturated carbocycles. The monoisotopic (exact) mass is 271 g/mol. The van der Waals surface area contributed by atoms with E-state index in [9.17, 15) is 31.1 Å². The molecule has 0 saturated heterocycles. The molecule has 1 aromatic rings. The molecule has 0 heterocycles. The zero-order valence-corrected chi connectivity index (χ0v) is 8.64. The number of hydrogen-bond acceptors (Lipinski definition) is 2. The molecule has 1 atom stereocenters. The van der Waals surface area contributed by atoms with Gasteiger partial charge in [-0.15, -0.1) is 0 Å². The molecule has 0 radical (unpaired) electrons. The van der Waals surface area contributed by atoms with Crippen LogP contribution in [0.4, 0.5) is 32.0 Å². The summed E-state index contributed by atoms with van der Waals surface area (Å²) in [5.41, 5.74) is -2.19. The molecule has 2 N–H and O–H groups in total. The first-order valence-electron chi connectivity index (χ1n) is 4.53.